The minimum atomic E-state index is -0.457. The smallest absolute Gasteiger partial charge is 0.237 e. The number of thioether (sulfide) groups is 1. The van der Waals surface area contributed by atoms with Crippen molar-refractivity contribution in [2.24, 2.45) is 0 Å². The van der Waals surface area contributed by atoms with E-state index in [1.165, 1.54) is 18.7 Å². The van der Waals surface area contributed by atoms with E-state index in [0.717, 1.165) is 22.8 Å². The Morgan fingerprint density at radius 3 is 2.44 bits per heavy atom. The molecule has 0 fully saturated rings. The summed E-state index contributed by atoms with van der Waals surface area (Å²) in [5.74, 6) is 1.32. The van der Waals surface area contributed by atoms with Crippen LogP contribution in [0.4, 0.5) is 5.69 Å². The van der Waals surface area contributed by atoms with Gasteiger partial charge < -0.3 is 10.1 Å². The van der Waals surface area contributed by atoms with Gasteiger partial charge in [0, 0.05) is 23.4 Å². The predicted octanol–water partition coefficient (Wildman–Crippen LogP) is 5.58. The van der Waals surface area contributed by atoms with Crippen LogP contribution in [0, 0.1) is 0 Å². The third-order valence-electron chi connectivity index (χ3n) is 5.50. The number of hydrogen-bond donors (Lipinski definition) is 1. The monoisotopic (exact) mass is 500 g/mol. The van der Waals surface area contributed by atoms with Crippen molar-refractivity contribution in [3.63, 3.8) is 0 Å². The average molecular weight is 501 g/mol. The zero-order valence-corrected chi connectivity index (χ0v) is 21.3. The van der Waals surface area contributed by atoms with E-state index >= 15 is 0 Å². The highest BCUT2D eigenvalue weighted by Crippen LogP contribution is 2.28. The second-order valence-corrected chi connectivity index (χ2v) is 9.52. The van der Waals surface area contributed by atoms with Gasteiger partial charge in [0.25, 0.3) is 0 Å². The van der Waals surface area contributed by atoms with Crippen LogP contribution in [0.25, 0.3) is 5.69 Å². The minimum Gasteiger partial charge on any atom is -0.494 e. The van der Waals surface area contributed by atoms with Gasteiger partial charge in [-0.05, 0) is 62.7 Å². The first-order valence-electron chi connectivity index (χ1n) is 11.7. The highest BCUT2D eigenvalue weighted by Gasteiger charge is 2.22. The predicted molar refractivity (Wildman–Crippen MR) is 142 cm³/mol. The normalized spacial score (nSPS) is 11.6. The Labute approximate surface area is 214 Å². The van der Waals surface area contributed by atoms with E-state index in [1.54, 1.807) is 24.3 Å². The van der Waals surface area contributed by atoms with E-state index in [-0.39, 0.29) is 11.7 Å². The van der Waals surface area contributed by atoms with Crippen molar-refractivity contribution in [1.82, 2.24) is 14.8 Å². The van der Waals surface area contributed by atoms with Crippen molar-refractivity contribution in [3.8, 4) is 11.4 Å². The first-order chi connectivity index (χ1) is 17.4. The lowest BCUT2D eigenvalue weighted by atomic mass is 10.1. The lowest BCUT2D eigenvalue weighted by Crippen LogP contribution is -2.23. The highest BCUT2D eigenvalue weighted by molar-refractivity contribution is 8.00. The summed E-state index contributed by atoms with van der Waals surface area (Å²) in [4.78, 5) is 24.6. The Bertz CT molecular complexity index is 1340. The quantitative estimate of drug-likeness (QED) is 0.226. The number of hydrogen-bond acceptors (Lipinski definition) is 6. The molecule has 0 aliphatic carbocycles. The summed E-state index contributed by atoms with van der Waals surface area (Å²) in [5.41, 5.74) is 3.13. The first-order valence-corrected chi connectivity index (χ1v) is 12.6. The number of carbonyl (C=O) groups is 2. The molecule has 4 aromatic rings. The van der Waals surface area contributed by atoms with Gasteiger partial charge in [-0.3, -0.25) is 14.2 Å². The zero-order valence-electron chi connectivity index (χ0n) is 20.5. The van der Waals surface area contributed by atoms with Crippen molar-refractivity contribution < 1.29 is 14.3 Å². The second-order valence-electron chi connectivity index (χ2n) is 8.21. The van der Waals surface area contributed by atoms with E-state index in [0.29, 0.717) is 29.4 Å². The Hall–Kier alpha value is -3.91. The molecule has 4 rings (SSSR count). The fourth-order valence-corrected chi connectivity index (χ4v) is 4.54. The number of rotatable bonds is 10. The SMILES string of the molecule is CCOc1ccc(-n2c(Cc3ccccc3)nnc2SC(C)C(=O)Nc2cccc(C(C)=O)c2)cc1. The standard InChI is InChI=1S/C28H28N4O3S/c1-4-35-25-15-13-24(14-16-25)32-26(17-21-9-6-5-7-10-21)30-31-28(32)36-20(3)27(34)29-23-12-8-11-22(18-23)19(2)33/h5-16,18,20H,4,17H2,1-3H3,(H,29,34). The molecule has 1 heterocycles. The average Bonchev–Trinajstić information content (AvgIpc) is 3.27. The number of nitrogens with zero attached hydrogens (tertiary/aromatic N) is 3. The van der Waals surface area contributed by atoms with Crippen LogP contribution in [-0.2, 0) is 11.2 Å². The van der Waals surface area contributed by atoms with Gasteiger partial charge in [-0.15, -0.1) is 10.2 Å². The van der Waals surface area contributed by atoms with Crippen LogP contribution in [0.5, 0.6) is 5.75 Å². The second kappa shape index (κ2) is 11.7. The number of aromatic nitrogens is 3. The Balaban J connectivity index is 1.58. The van der Waals surface area contributed by atoms with E-state index < -0.39 is 5.25 Å². The molecule has 0 saturated heterocycles. The van der Waals surface area contributed by atoms with Gasteiger partial charge in [-0.1, -0.05) is 54.2 Å². The van der Waals surface area contributed by atoms with Crippen molar-refractivity contribution in [2.45, 2.75) is 37.6 Å². The number of anilines is 1. The summed E-state index contributed by atoms with van der Waals surface area (Å²) in [6.45, 7) is 5.86. The van der Waals surface area contributed by atoms with Crippen molar-refractivity contribution in [2.75, 3.05) is 11.9 Å². The van der Waals surface area contributed by atoms with Crippen molar-refractivity contribution in [1.29, 1.82) is 0 Å². The number of amides is 1. The Morgan fingerprint density at radius 1 is 1.00 bits per heavy atom. The molecule has 1 amide bonds. The van der Waals surface area contributed by atoms with E-state index in [4.69, 9.17) is 4.74 Å². The summed E-state index contributed by atoms with van der Waals surface area (Å²) in [5, 5.41) is 12.0. The third-order valence-corrected chi connectivity index (χ3v) is 6.54. The molecule has 1 atom stereocenters. The zero-order chi connectivity index (χ0) is 25.5. The maximum atomic E-state index is 13.0. The summed E-state index contributed by atoms with van der Waals surface area (Å²) < 4.78 is 7.57. The molecule has 36 heavy (non-hydrogen) atoms. The molecular formula is C28H28N4O3S. The van der Waals surface area contributed by atoms with Crippen LogP contribution in [0.2, 0.25) is 0 Å². The van der Waals surface area contributed by atoms with Crippen LogP contribution >= 0.6 is 11.8 Å². The maximum Gasteiger partial charge on any atom is 0.237 e. The molecule has 0 aliphatic heterocycles. The molecular weight excluding hydrogens is 472 g/mol. The number of carbonyl (C=O) groups excluding carboxylic acids is 2. The topological polar surface area (TPSA) is 86.1 Å². The molecule has 1 unspecified atom stereocenters. The van der Waals surface area contributed by atoms with Crippen molar-refractivity contribution in [3.05, 3.63) is 95.8 Å². The summed E-state index contributed by atoms with van der Waals surface area (Å²) in [6, 6.07) is 24.8. The van der Waals surface area contributed by atoms with Crippen LogP contribution < -0.4 is 10.1 Å². The molecule has 0 bridgehead atoms. The van der Waals surface area contributed by atoms with Crippen molar-refractivity contribution >= 4 is 29.1 Å². The van der Waals surface area contributed by atoms with Crippen LogP contribution in [0.1, 0.15) is 42.5 Å². The Kier molecular flexibility index (Phi) is 8.17. The van der Waals surface area contributed by atoms with E-state index in [2.05, 4.69) is 27.6 Å². The number of ether oxygens (including phenoxy) is 1. The number of benzene rings is 3. The molecule has 8 heteroatoms. The molecule has 7 nitrogen and oxygen atoms in total. The number of Topliss-reactive ketones (excluding diaryl/α,β-unsaturated/α-hetero) is 1. The lowest BCUT2D eigenvalue weighted by molar-refractivity contribution is -0.115. The fraction of sp³-hybridized carbons (Fsp3) is 0.214. The summed E-state index contributed by atoms with van der Waals surface area (Å²) in [7, 11) is 0. The summed E-state index contributed by atoms with van der Waals surface area (Å²) in [6.07, 6.45) is 0.597. The molecule has 1 aromatic heterocycles. The number of nitrogens with one attached hydrogen (secondary N) is 1. The number of ketones is 1. The molecule has 0 radical (unpaired) electrons. The van der Waals surface area contributed by atoms with Gasteiger partial charge in [0.2, 0.25) is 5.91 Å². The van der Waals surface area contributed by atoms with Crippen LogP contribution in [-0.4, -0.2) is 38.3 Å². The van der Waals surface area contributed by atoms with Gasteiger partial charge in [0.15, 0.2) is 10.9 Å². The molecule has 184 valence electrons. The highest BCUT2D eigenvalue weighted by atomic mass is 32.2. The summed E-state index contributed by atoms with van der Waals surface area (Å²) >= 11 is 1.33. The van der Waals surface area contributed by atoms with Crippen LogP contribution in [0.15, 0.2) is 84.0 Å². The van der Waals surface area contributed by atoms with Gasteiger partial charge in [0.05, 0.1) is 11.9 Å². The van der Waals surface area contributed by atoms with Gasteiger partial charge in [0.1, 0.15) is 11.6 Å². The molecule has 0 spiro atoms. The molecule has 0 saturated carbocycles. The van der Waals surface area contributed by atoms with Gasteiger partial charge in [-0.2, -0.15) is 0 Å². The molecule has 1 N–H and O–H groups in total. The third kappa shape index (κ3) is 6.20. The maximum absolute atomic E-state index is 13.0. The molecule has 3 aromatic carbocycles. The van der Waals surface area contributed by atoms with E-state index in [9.17, 15) is 9.59 Å². The van der Waals surface area contributed by atoms with Gasteiger partial charge >= 0.3 is 0 Å². The fourth-order valence-electron chi connectivity index (χ4n) is 3.66. The van der Waals surface area contributed by atoms with Gasteiger partial charge in [-0.25, -0.2) is 0 Å². The van der Waals surface area contributed by atoms with E-state index in [1.807, 2.05) is 60.9 Å². The lowest BCUT2D eigenvalue weighted by Gasteiger charge is -2.15. The molecule has 0 aliphatic rings. The largest absolute Gasteiger partial charge is 0.494 e. The Morgan fingerprint density at radius 2 is 1.75 bits per heavy atom. The van der Waals surface area contributed by atoms with Crippen LogP contribution in [0.3, 0.4) is 0 Å². The first kappa shape index (κ1) is 25.2. The minimum absolute atomic E-state index is 0.0528.